The number of aromatic nitrogens is 3. The molecule has 0 saturated carbocycles. The Morgan fingerprint density at radius 2 is 2.15 bits per heavy atom. The lowest BCUT2D eigenvalue weighted by Gasteiger charge is -2.16. The first-order valence-corrected chi connectivity index (χ1v) is 5.98. The Balaban J connectivity index is 2.21. The Bertz CT molecular complexity index is 583. The van der Waals surface area contributed by atoms with Crippen molar-refractivity contribution in [1.82, 2.24) is 14.4 Å². The summed E-state index contributed by atoms with van der Waals surface area (Å²) >= 11 is 0. The summed E-state index contributed by atoms with van der Waals surface area (Å²) in [4.78, 5) is 8.14. The van der Waals surface area contributed by atoms with Gasteiger partial charge < -0.3 is 20.1 Å². The number of imidazole rings is 1. The van der Waals surface area contributed by atoms with E-state index < -0.39 is 18.8 Å². The van der Waals surface area contributed by atoms with Gasteiger partial charge in [-0.3, -0.25) is 0 Å². The largest absolute Gasteiger partial charge is 0.416 e. The van der Waals surface area contributed by atoms with Gasteiger partial charge in [-0.15, -0.1) is 0 Å². The molecule has 2 aromatic heterocycles. The van der Waals surface area contributed by atoms with Crippen molar-refractivity contribution >= 4 is 17.3 Å². The predicted octanol–water partition coefficient (Wildman–Crippen LogP) is 1.50. The van der Waals surface area contributed by atoms with E-state index >= 15 is 0 Å². The van der Waals surface area contributed by atoms with E-state index in [9.17, 15) is 13.2 Å². The van der Waals surface area contributed by atoms with Gasteiger partial charge in [-0.05, 0) is 6.92 Å². The molecule has 3 N–H and O–H groups in total. The van der Waals surface area contributed by atoms with Gasteiger partial charge in [0.25, 0.3) is 0 Å². The second-order valence-corrected chi connectivity index (χ2v) is 4.10. The average molecular weight is 289 g/mol. The molecule has 0 spiro atoms. The lowest BCUT2D eigenvalue weighted by atomic mass is 10.3. The third-order valence-corrected chi connectivity index (χ3v) is 2.57. The molecule has 0 bridgehead atoms. The Morgan fingerprint density at radius 1 is 1.40 bits per heavy atom. The molecule has 6 nitrogen and oxygen atoms in total. The summed E-state index contributed by atoms with van der Waals surface area (Å²) < 4.78 is 38.4. The molecule has 0 fully saturated rings. The van der Waals surface area contributed by atoms with Gasteiger partial charge in [0.05, 0.1) is 12.7 Å². The quantitative estimate of drug-likeness (QED) is 0.778. The molecule has 9 heteroatoms. The van der Waals surface area contributed by atoms with Crippen LogP contribution in [0.2, 0.25) is 0 Å². The molecular weight excluding hydrogens is 275 g/mol. The standard InChI is InChI=1S/C11H14F3N5O/c1-2-15-8-6-19-4-3-16-10(19)9(18-8)17-5-7(20)11(12,13)14/h3-4,6-7,15,20H,2,5H2,1H3,(H,17,18). The minimum Gasteiger partial charge on any atom is -0.382 e. The maximum atomic E-state index is 12.3. The summed E-state index contributed by atoms with van der Waals surface area (Å²) in [7, 11) is 0. The molecule has 0 aliphatic heterocycles. The zero-order chi connectivity index (χ0) is 14.8. The van der Waals surface area contributed by atoms with Crippen LogP contribution in [0.4, 0.5) is 24.8 Å². The second-order valence-electron chi connectivity index (χ2n) is 4.10. The number of alkyl halides is 3. The van der Waals surface area contributed by atoms with E-state index in [4.69, 9.17) is 5.11 Å². The highest BCUT2D eigenvalue weighted by molar-refractivity contribution is 5.65. The molecule has 2 rings (SSSR count). The van der Waals surface area contributed by atoms with E-state index in [-0.39, 0.29) is 5.82 Å². The number of halogens is 3. The van der Waals surface area contributed by atoms with Crippen LogP contribution in [-0.4, -0.2) is 44.8 Å². The summed E-state index contributed by atoms with van der Waals surface area (Å²) in [6, 6.07) is 0. The van der Waals surface area contributed by atoms with Crippen molar-refractivity contribution in [3.63, 3.8) is 0 Å². The fourth-order valence-corrected chi connectivity index (χ4v) is 1.63. The molecule has 0 saturated heterocycles. The highest BCUT2D eigenvalue weighted by Gasteiger charge is 2.38. The Hall–Kier alpha value is -2.03. The molecule has 0 amide bonds. The number of aliphatic hydroxyl groups excluding tert-OH is 1. The van der Waals surface area contributed by atoms with E-state index in [1.807, 2.05) is 6.92 Å². The summed E-state index contributed by atoms with van der Waals surface area (Å²) in [5.74, 6) is 0.679. The monoisotopic (exact) mass is 289 g/mol. The number of rotatable bonds is 5. The zero-order valence-electron chi connectivity index (χ0n) is 10.6. The Morgan fingerprint density at radius 3 is 2.80 bits per heavy atom. The van der Waals surface area contributed by atoms with Gasteiger partial charge in [-0.25, -0.2) is 9.97 Å². The molecule has 1 atom stereocenters. The molecule has 0 radical (unpaired) electrons. The molecule has 20 heavy (non-hydrogen) atoms. The summed E-state index contributed by atoms with van der Waals surface area (Å²) in [5.41, 5.74) is 0.390. The van der Waals surface area contributed by atoms with Crippen LogP contribution < -0.4 is 10.6 Å². The first-order chi connectivity index (χ1) is 9.41. The number of fused-ring (bicyclic) bond motifs is 1. The Kier molecular flexibility index (Phi) is 3.98. The van der Waals surface area contributed by atoms with E-state index in [1.54, 1.807) is 16.8 Å². The van der Waals surface area contributed by atoms with Gasteiger partial charge in [-0.2, -0.15) is 13.2 Å². The molecule has 0 aliphatic rings. The third-order valence-electron chi connectivity index (χ3n) is 2.57. The number of nitrogens with one attached hydrogen (secondary N) is 2. The molecule has 0 aliphatic carbocycles. The molecule has 2 aromatic rings. The van der Waals surface area contributed by atoms with Crippen LogP contribution in [0, 0.1) is 0 Å². The van der Waals surface area contributed by atoms with Crippen molar-refractivity contribution in [2.24, 2.45) is 0 Å². The van der Waals surface area contributed by atoms with E-state index in [0.29, 0.717) is 18.0 Å². The van der Waals surface area contributed by atoms with Gasteiger partial charge in [0, 0.05) is 18.9 Å². The highest BCUT2D eigenvalue weighted by Crippen LogP contribution is 2.21. The van der Waals surface area contributed by atoms with E-state index in [1.165, 1.54) is 6.20 Å². The van der Waals surface area contributed by atoms with Gasteiger partial charge in [0.2, 0.25) is 0 Å². The first kappa shape index (κ1) is 14.4. The molecule has 110 valence electrons. The van der Waals surface area contributed by atoms with Crippen LogP contribution in [0.25, 0.3) is 5.65 Å². The number of anilines is 2. The predicted molar refractivity (Wildman–Crippen MR) is 67.7 cm³/mol. The normalized spacial score (nSPS) is 13.4. The van der Waals surface area contributed by atoms with Gasteiger partial charge in [0.1, 0.15) is 5.82 Å². The third kappa shape index (κ3) is 3.10. The van der Waals surface area contributed by atoms with Crippen LogP contribution in [0.5, 0.6) is 0 Å². The van der Waals surface area contributed by atoms with Gasteiger partial charge in [-0.1, -0.05) is 0 Å². The maximum Gasteiger partial charge on any atom is 0.416 e. The maximum absolute atomic E-state index is 12.3. The topological polar surface area (TPSA) is 74.5 Å². The lowest BCUT2D eigenvalue weighted by Crippen LogP contribution is -2.35. The molecule has 0 aromatic carbocycles. The lowest BCUT2D eigenvalue weighted by molar-refractivity contribution is -0.198. The Labute approximate surface area is 112 Å². The van der Waals surface area contributed by atoms with E-state index in [2.05, 4.69) is 20.6 Å². The minimum atomic E-state index is -4.67. The fraction of sp³-hybridized carbons (Fsp3) is 0.455. The van der Waals surface area contributed by atoms with Crippen molar-refractivity contribution in [3.05, 3.63) is 18.6 Å². The van der Waals surface area contributed by atoms with E-state index in [0.717, 1.165) is 0 Å². The average Bonchev–Trinajstić information content (AvgIpc) is 2.83. The fourth-order valence-electron chi connectivity index (χ4n) is 1.63. The minimum absolute atomic E-state index is 0.178. The van der Waals surface area contributed by atoms with Crippen LogP contribution in [0.15, 0.2) is 18.6 Å². The highest BCUT2D eigenvalue weighted by atomic mass is 19.4. The number of hydrogen-bond acceptors (Lipinski definition) is 5. The summed E-state index contributed by atoms with van der Waals surface area (Å²) in [6.07, 6.45) is -2.28. The van der Waals surface area contributed by atoms with Crippen molar-refractivity contribution in [3.8, 4) is 0 Å². The molecular formula is C11H14F3N5O. The van der Waals surface area contributed by atoms with Gasteiger partial charge in [0.15, 0.2) is 17.6 Å². The number of aliphatic hydroxyl groups is 1. The van der Waals surface area contributed by atoms with Crippen LogP contribution in [-0.2, 0) is 0 Å². The van der Waals surface area contributed by atoms with Crippen LogP contribution in [0.1, 0.15) is 6.92 Å². The second kappa shape index (κ2) is 5.53. The number of hydrogen-bond donors (Lipinski definition) is 3. The SMILES string of the molecule is CCNc1cn2ccnc2c(NCC(O)C(F)(F)F)n1. The van der Waals surface area contributed by atoms with Gasteiger partial charge >= 0.3 is 6.18 Å². The first-order valence-electron chi connectivity index (χ1n) is 5.98. The smallest absolute Gasteiger partial charge is 0.382 e. The molecule has 1 unspecified atom stereocenters. The van der Waals surface area contributed by atoms with Crippen molar-refractivity contribution < 1.29 is 18.3 Å². The van der Waals surface area contributed by atoms with Crippen molar-refractivity contribution in [2.75, 3.05) is 23.7 Å². The summed E-state index contributed by atoms with van der Waals surface area (Å²) in [5, 5.41) is 14.4. The van der Waals surface area contributed by atoms with Crippen molar-refractivity contribution in [2.45, 2.75) is 19.2 Å². The number of nitrogens with zero attached hydrogens (tertiary/aromatic N) is 3. The summed E-state index contributed by atoms with van der Waals surface area (Å²) in [6.45, 7) is 1.81. The van der Waals surface area contributed by atoms with Crippen LogP contribution >= 0.6 is 0 Å². The molecule has 2 heterocycles. The van der Waals surface area contributed by atoms with Crippen LogP contribution in [0.3, 0.4) is 0 Å². The van der Waals surface area contributed by atoms with Crippen molar-refractivity contribution in [1.29, 1.82) is 0 Å². The zero-order valence-corrected chi connectivity index (χ0v) is 10.6.